The molecule has 0 heterocycles. The fourth-order valence-electron chi connectivity index (χ4n) is 0.342. The van der Waals surface area contributed by atoms with Crippen molar-refractivity contribution in [1.82, 2.24) is 0 Å². The molecule has 7 heteroatoms. The molecule has 4 nitrogen and oxygen atoms in total. The third kappa shape index (κ3) is 10.5. The number of carbonyl (C=O) groups excluding carboxylic acids is 1. The van der Waals surface area contributed by atoms with Crippen LogP contribution in [0.25, 0.3) is 0 Å². The molecule has 0 atom stereocenters. The molecule has 0 saturated carbocycles. The smallest absolute Gasteiger partial charge is 0.317 e. The van der Waals surface area contributed by atoms with Gasteiger partial charge in [0.15, 0.2) is 5.12 Å². The number of thioether (sulfide) groups is 1. The van der Waals surface area contributed by atoms with Crippen LogP contribution in [0.1, 0.15) is 6.92 Å². The molecule has 0 amide bonds. The van der Waals surface area contributed by atoms with Crippen LogP contribution in [0.5, 0.6) is 0 Å². The molecule has 0 bridgehead atoms. The van der Waals surface area contributed by atoms with Crippen molar-refractivity contribution >= 4 is 35.1 Å². The van der Waals surface area contributed by atoms with Crippen LogP contribution in [0, 0.1) is 0 Å². The van der Waals surface area contributed by atoms with Gasteiger partial charge in [-0.3, -0.25) is 4.79 Å². The Kier molecular flexibility index (Phi) is 5.46. The normalized spacial score (nSPS) is 11.5. The topological polar surface area (TPSA) is 74.6 Å². The van der Waals surface area contributed by atoms with Crippen molar-refractivity contribution in [2.75, 3.05) is 11.5 Å². The molecule has 0 unspecified atom stereocenters. The first-order chi connectivity index (χ1) is 4.92. The molecule has 66 valence electrons. The van der Waals surface area contributed by atoms with Crippen molar-refractivity contribution in [3.05, 3.63) is 0 Å². The summed E-state index contributed by atoms with van der Waals surface area (Å²) in [5.74, 6) is 0.750. The average Bonchev–Trinajstić information content (AvgIpc) is 1.78. The van der Waals surface area contributed by atoms with Crippen LogP contribution in [0.4, 0.5) is 0 Å². The minimum Gasteiger partial charge on any atom is -0.317 e. The second-order valence-corrected chi connectivity index (χ2v) is 6.78. The van der Waals surface area contributed by atoms with E-state index in [9.17, 15) is 9.36 Å². The van der Waals surface area contributed by atoms with E-state index in [1.54, 1.807) is 0 Å². The molecule has 2 N–H and O–H groups in total. The summed E-state index contributed by atoms with van der Waals surface area (Å²) < 4.78 is 10.2. The number of rotatable bonds is 4. The molecule has 0 aromatic heterocycles. The average molecular weight is 216 g/mol. The maximum atomic E-state index is 10.3. The summed E-state index contributed by atoms with van der Waals surface area (Å²) in [5, 5.41) is -0.0312. The zero-order chi connectivity index (χ0) is 8.91. The quantitative estimate of drug-likeness (QED) is 0.541. The molecule has 0 spiro atoms. The Bertz CT molecular complexity index is 177. The van der Waals surface area contributed by atoms with Crippen LogP contribution in [0.3, 0.4) is 0 Å². The van der Waals surface area contributed by atoms with Crippen LogP contribution in [0.15, 0.2) is 0 Å². The minimum absolute atomic E-state index is 0.0312. The molecular formula is C4H9O4PS2. The zero-order valence-electron chi connectivity index (χ0n) is 5.89. The van der Waals surface area contributed by atoms with E-state index in [-0.39, 0.29) is 5.12 Å². The fourth-order valence-corrected chi connectivity index (χ4v) is 2.88. The van der Waals surface area contributed by atoms with Crippen LogP contribution in [0.2, 0.25) is 0 Å². The lowest BCUT2D eigenvalue weighted by Gasteiger charge is -2.00. The lowest BCUT2D eigenvalue weighted by Crippen LogP contribution is -1.88. The Hall–Kier alpha value is 0.520. The van der Waals surface area contributed by atoms with Gasteiger partial charge in [0, 0.05) is 18.4 Å². The van der Waals surface area contributed by atoms with Gasteiger partial charge in [0.2, 0.25) is 0 Å². The van der Waals surface area contributed by atoms with Gasteiger partial charge in [-0.15, -0.1) is 0 Å². The van der Waals surface area contributed by atoms with E-state index < -0.39 is 6.80 Å². The van der Waals surface area contributed by atoms with Crippen molar-refractivity contribution in [2.45, 2.75) is 6.92 Å². The Morgan fingerprint density at radius 1 is 1.45 bits per heavy atom. The predicted molar refractivity (Wildman–Crippen MR) is 47.6 cm³/mol. The van der Waals surface area contributed by atoms with E-state index in [0.29, 0.717) is 22.9 Å². The first-order valence-corrected chi connectivity index (χ1v) is 6.94. The Balaban J connectivity index is 3.29. The molecule has 0 aromatic carbocycles. The van der Waals surface area contributed by atoms with Gasteiger partial charge in [-0.1, -0.05) is 11.8 Å². The molecule has 0 saturated heterocycles. The predicted octanol–water partition coefficient (Wildman–Crippen LogP) is 1.09. The summed E-state index contributed by atoms with van der Waals surface area (Å²) in [5.41, 5.74) is 0. The highest BCUT2D eigenvalue weighted by Gasteiger charge is 2.12. The van der Waals surface area contributed by atoms with Gasteiger partial charge >= 0.3 is 6.80 Å². The van der Waals surface area contributed by atoms with Crippen molar-refractivity contribution in [2.24, 2.45) is 0 Å². The van der Waals surface area contributed by atoms with E-state index in [1.165, 1.54) is 6.92 Å². The minimum atomic E-state index is -3.93. The lowest BCUT2D eigenvalue weighted by molar-refractivity contribution is -0.109. The third-order valence-electron chi connectivity index (χ3n) is 0.648. The van der Waals surface area contributed by atoms with Crippen molar-refractivity contribution in [1.29, 1.82) is 0 Å². The van der Waals surface area contributed by atoms with Gasteiger partial charge in [-0.05, 0) is 11.4 Å². The van der Waals surface area contributed by atoms with Crippen LogP contribution >= 0.6 is 29.9 Å². The highest BCUT2D eigenvalue weighted by molar-refractivity contribution is 8.54. The maximum absolute atomic E-state index is 10.3. The van der Waals surface area contributed by atoms with Crippen LogP contribution in [-0.4, -0.2) is 26.4 Å². The standard InChI is InChI=1S/C4H9O4PS2/c1-4(5)10-2-3-11-9(6,7)8/h2-3H2,1H3,(H2,6,7,8). The molecule has 0 fully saturated rings. The van der Waals surface area contributed by atoms with E-state index in [4.69, 9.17) is 9.79 Å². The number of carbonyl (C=O) groups is 1. The van der Waals surface area contributed by atoms with E-state index in [0.717, 1.165) is 11.8 Å². The SMILES string of the molecule is CC(=O)SCCSP(=O)(O)O. The monoisotopic (exact) mass is 216 g/mol. The van der Waals surface area contributed by atoms with Gasteiger partial charge in [-0.25, -0.2) is 4.57 Å². The van der Waals surface area contributed by atoms with Crippen LogP contribution in [-0.2, 0) is 9.36 Å². The van der Waals surface area contributed by atoms with E-state index in [2.05, 4.69) is 0 Å². The summed E-state index contributed by atoms with van der Waals surface area (Å²) in [6.07, 6.45) is 0. The molecular weight excluding hydrogens is 207 g/mol. The highest BCUT2D eigenvalue weighted by atomic mass is 32.7. The summed E-state index contributed by atoms with van der Waals surface area (Å²) >= 11 is 1.64. The molecule has 0 aliphatic rings. The second kappa shape index (κ2) is 5.22. The molecule has 0 rings (SSSR count). The van der Waals surface area contributed by atoms with Crippen molar-refractivity contribution in [3.63, 3.8) is 0 Å². The van der Waals surface area contributed by atoms with E-state index in [1.807, 2.05) is 0 Å². The summed E-state index contributed by atoms with van der Waals surface area (Å²) in [6.45, 7) is -2.51. The van der Waals surface area contributed by atoms with Gasteiger partial charge in [-0.2, -0.15) is 0 Å². The van der Waals surface area contributed by atoms with Gasteiger partial charge in [0.1, 0.15) is 0 Å². The zero-order valence-corrected chi connectivity index (χ0v) is 8.42. The Labute approximate surface area is 73.0 Å². The van der Waals surface area contributed by atoms with Crippen LogP contribution < -0.4 is 0 Å². The second-order valence-electron chi connectivity index (χ2n) is 1.66. The third-order valence-corrected chi connectivity index (χ3v) is 4.00. The molecule has 0 radical (unpaired) electrons. The van der Waals surface area contributed by atoms with Gasteiger partial charge in [0.05, 0.1) is 0 Å². The molecule has 0 aliphatic heterocycles. The Morgan fingerprint density at radius 3 is 2.36 bits per heavy atom. The Morgan fingerprint density at radius 2 is 2.00 bits per heavy atom. The summed E-state index contributed by atoms with van der Waals surface area (Å²) in [7, 11) is 0. The molecule has 0 aliphatic carbocycles. The lowest BCUT2D eigenvalue weighted by atomic mass is 10.9. The van der Waals surface area contributed by atoms with Gasteiger partial charge < -0.3 is 9.79 Å². The fraction of sp³-hybridized carbons (Fsp3) is 0.750. The highest BCUT2D eigenvalue weighted by Crippen LogP contribution is 2.50. The number of hydrogen-bond acceptors (Lipinski definition) is 4. The first kappa shape index (κ1) is 11.5. The van der Waals surface area contributed by atoms with E-state index >= 15 is 0 Å². The van der Waals surface area contributed by atoms with Gasteiger partial charge in [0.25, 0.3) is 0 Å². The number of hydrogen-bond donors (Lipinski definition) is 2. The summed E-state index contributed by atoms with van der Waals surface area (Å²) in [4.78, 5) is 27.1. The van der Waals surface area contributed by atoms with Crippen molar-refractivity contribution in [3.8, 4) is 0 Å². The summed E-state index contributed by atoms with van der Waals surface area (Å²) in [6, 6.07) is 0. The first-order valence-electron chi connectivity index (χ1n) is 2.75. The largest absolute Gasteiger partial charge is 0.384 e. The molecule has 0 aromatic rings. The maximum Gasteiger partial charge on any atom is 0.384 e. The van der Waals surface area contributed by atoms with Crippen molar-refractivity contribution < 1.29 is 19.1 Å². The molecule has 11 heavy (non-hydrogen) atoms.